The first-order valence-corrected chi connectivity index (χ1v) is 8.20. The minimum Gasteiger partial charge on any atom is -0.448 e. The fourth-order valence-corrected chi connectivity index (χ4v) is 2.00. The number of aliphatic hydroxyl groups excluding tert-OH is 1. The molecule has 0 bridgehead atoms. The van der Waals surface area contributed by atoms with Crippen LogP contribution < -0.4 is 0 Å². The topological polar surface area (TPSA) is 119 Å². The second-order valence-corrected chi connectivity index (χ2v) is 5.29. The number of esters is 3. The van der Waals surface area contributed by atoms with Crippen LogP contribution in [0.15, 0.2) is 38.0 Å². The zero-order valence-electron chi connectivity index (χ0n) is 14.7. The zero-order chi connectivity index (χ0) is 20.0. The van der Waals surface area contributed by atoms with Crippen molar-refractivity contribution in [2.24, 2.45) is 0 Å². The molecule has 0 saturated heterocycles. The molecule has 0 aromatic carbocycles. The zero-order valence-corrected chi connectivity index (χ0v) is 14.7. The Hall–Kier alpha value is -2.45. The number of carbonyl (C=O) groups is 3. The smallest absolute Gasteiger partial charge is 0.413 e. The minimum atomic E-state index is -2.83. The molecule has 0 aromatic heterocycles. The summed E-state index contributed by atoms with van der Waals surface area (Å²) in [5.41, 5.74) is 0. The molecule has 1 atom stereocenters. The lowest BCUT2D eigenvalue weighted by Crippen LogP contribution is -2.51. The second kappa shape index (κ2) is 12.8. The molecule has 0 aliphatic rings. The number of hydrogen-bond donors (Lipinski definition) is 2. The molecule has 8 heteroatoms. The van der Waals surface area contributed by atoms with Gasteiger partial charge in [-0.2, -0.15) is 0 Å². The third kappa shape index (κ3) is 9.14. The molecule has 0 aliphatic heterocycles. The normalized spacial score (nSPS) is 11.8. The average Bonchev–Trinajstić information content (AvgIpc) is 2.62. The molecule has 146 valence electrons. The minimum absolute atomic E-state index is 0.0457. The van der Waals surface area contributed by atoms with Crippen molar-refractivity contribution in [1.82, 2.24) is 0 Å². The van der Waals surface area contributed by atoms with Gasteiger partial charge in [0.1, 0.15) is 0 Å². The summed E-state index contributed by atoms with van der Waals surface area (Å²) in [6.45, 7) is 9.75. The summed E-state index contributed by atoms with van der Waals surface area (Å²) in [6, 6.07) is 0. The maximum Gasteiger partial charge on any atom is 0.413 e. The van der Waals surface area contributed by atoms with Gasteiger partial charge in [-0.3, -0.25) is 0 Å². The van der Waals surface area contributed by atoms with Crippen molar-refractivity contribution in [2.75, 3.05) is 6.61 Å². The largest absolute Gasteiger partial charge is 0.448 e. The van der Waals surface area contributed by atoms with Crippen LogP contribution in [0.4, 0.5) is 0 Å². The molecule has 0 aliphatic carbocycles. The van der Waals surface area contributed by atoms with E-state index in [0.717, 1.165) is 31.1 Å². The molecule has 0 spiro atoms. The van der Waals surface area contributed by atoms with Crippen LogP contribution in [0.5, 0.6) is 0 Å². The van der Waals surface area contributed by atoms with Crippen molar-refractivity contribution in [3.63, 3.8) is 0 Å². The lowest BCUT2D eigenvalue weighted by molar-refractivity contribution is -0.358. The Morgan fingerprint density at radius 2 is 1.31 bits per heavy atom. The van der Waals surface area contributed by atoms with E-state index in [9.17, 15) is 19.5 Å². The van der Waals surface area contributed by atoms with Crippen LogP contribution in [-0.2, 0) is 28.6 Å². The Morgan fingerprint density at radius 3 is 1.77 bits per heavy atom. The van der Waals surface area contributed by atoms with Gasteiger partial charge in [-0.05, 0) is 19.3 Å². The predicted octanol–water partition coefficient (Wildman–Crippen LogP) is 1.52. The molecule has 8 nitrogen and oxygen atoms in total. The maximum atomic E-state index is 11.6. The van der Waals surface area contributed by atoms with Crippen molar-refractivity contribution in [2.45, 2.75) is 50.6 Å². The summed E-state index contributed by atoms with van der Waals surface area (Å²) in [6.07, 6.45) is 4.41. The summed E-state index contributed by atoms with van der Waals surface area (Å²) >= 11 is 0. The van der Waals surface area contributed by atoms with E-state index in [0.29, 0.717) is 19.3 Å². The molecule has 0 radical (unpaired) electrons. The SMILES string of the molecule is C=CC(=O)OC(CCCCCCCO)C(O)(OC(=O)C=C)OC(=O)C=C. The number of carbonyl (C=O) groups excluding carboxylic acids is 3. The Balaban J connectivity index is 5.21. The third-order valence-electron chi connectivity index (χ3n) is 3.28. The Labute approximate surface area is 152 Å². The quantitative estimate of drug-likeness (QED) is 0.204. The van der Waals surface area contributed by atoms with Gasteiger partial charge in [0.05, 0.1) is 0 Å². The molecule has 2 N–H and O–H groups in total. The standard InChI is InChI=1S/C18H26O8/c1-4-15(20)24-14(12-10-8-7-9-11-13-19)18(23,25-16(21)5-2)26-17(22)6-3/h4-6,14,19,23H,1-3,7-13H2. The van der Waals surface area contributed by atoms with E-state index in [4.69, 9.17) is 19.3 Å². The van der Waals surface area contributed by atoms with Crippen LogP contribution in [-0.4, -0.2) is 46.8 Å². The van der Waals surface area contributed by atoms with Gasteiger partial charge in [0.15, 0.2) is 0 Å². The van der Waals surface area contributed by atoms with Gasteiger partial charge < -0.3 is 24.4 Å². The summed E-state index contributed by atoms with van der Waals surface area (Å²) in [5, 5.41) is 19.3. The maximum absolute atomic E-state index is 11.6. The Morgan fingerprint density at radius 1 is 0.846 bits per heavy atom. The number of aliphatic hydroxyl groups is 2. The van der Waals surface area contributed by atoms with E-state index >= 15 is 0 Å². The van der Waals surface area contributed by atoms with E-state index in [1.807, 2.05) is 0 Å². The van der Waals surface area contributed by atoms with Gasteiger partial charge >= 0.3 is 23.9 Å². The van der Waals surface area contributed by atoms with E-state index in [1.54, 1.807) is 0 Å². The average molecular weight is 370 g/mol. The van der Waals surface area contributed by atoms with E-state index in [-0.39, 0.29) is 13.0 Å². The molecule has 0 fully saturated rings. The molecule has 0 amide bonds. The second-order valence-electron chi connectivity index (χ2n) is 5.29. The highest BCUT2D eigenvalue weighted by Crippen LogP contribution is 2.25. The van der Waals surface area contributed by atoms with E-state index < -0.39 is 30.0 Å². The van der Waals surface area contributed by atoms with E-state index in [1.165, 1.54) is 0 Å². The molecular weight excluding hydrogens is 344 g/mol. The van der Waals surface area contributed by atoms with Crippen LogP contribution in [0.1, 0.15) is 38.5 Å². The van der Waals surface area contributed by atoms with Crippen molar-refractivity contribution < 1.29 is 38.8 Å². The molecule has 0 rings (SSSR count). The van der Waals surface area contributed by atoms with Crippen LogP contribution in [0.2, 0.25) is 0 Å². The molecule has 0 heterocycles. The van der Waals surface area contributed by atoms with E-state index in [2.05, 4.69) is 19.7 Å². The van der Waals surface area contributed by atoms with Crippen molar-refractivity contribution in [1.29, 1.82) is 0 Å². The van der Waals surface area contributed by atoms with Crippen LogP contribution in [0.3, 0.4) is 0 Å². The highest BCUT2D eigenvalue weighted by atomic mass is 16.9. The van der Waals surface area contributed by atoms with Crippen LogP contribution in [0, 0.1) is 0 Å². The summed E-state index contributed by atoms with van der Waals surface area (Å²) < 4.78 is 14.5. The highest BCUT2D eigenvalue weighted by molar-refractivity contribution is 5.84. The molecule has 1 unspecified atom stereocenters. The van der Waals surface area contributed by atoms with Crippen molar-refractivity contribution in [3.8, 4) is 0 Å². The van der Waals surface area contributed by atoms with Crippen LogP contribution >= 0.6 is 0 Å². The van der Waals surface area contributed by atoms with Crippen molar-refractivity contribution in [3.05, 3.63) is 38.0 Å². The lowest BCUT2D eigenvalue weighted by Gasteiger charge is -2.32. The van der Waals surface area contributed by atoms with Gasteiger partial charge in [0.2, 0.25) is 6.10 Å². The highest BCUT2D eigenvalue weighted by Gasteiger charge is 2.47. The summed E-state index contributed by atoms with van der Waals surface area (Å²) in [5.74, 6) is -5.88. The summed E-state index contributed by atoms with van der Waals surface area (Å²) in [7, 11) is 0. The van der Waals surface area contributed by atoms with Gasteiger partial charge in [0, 0.05) is 24.8 Å². The first kappa shape index (κ1) is 23.5. The number of unbranched alkanes of at least 4 members (excludes halogenated alkanes) is 4. The van der Waals surface area contributed by atoms with Gasteiger partial charge in [0.25, 0.3) is 0 Å². The fraction of sp³-hybridized carbons (Fsp3) is 0.500. The number of ether oxygens (including phenoxy) is 3. The monoisotopic (exact) mass is 370 g/mol. The number of rotatable bonds is 14. The van der Waals surface area contributed by atoms with Gasteiger partial charge in [-0.1, -0.05) is 39.0 Å². The predicted molar refractivity (Wildman–Crippen MR) is 92.4 cm³/mol. The molecule has 26 heavy (non-hydrogen) atoms. The van der Waals surface area contributed by atoms with Crippen molar-refractivity contribution >= 4 is 17.9 Å². The fourth-order valence-electron chi connectivity index (χ4n) is 2.00. The number of hydrogen-bond acceptors (Lipinski definition) is 8. The molecule has 0 aromatic rings. The van der Waals surface area contributed by atoms with Gasteiger partial charge in [-0.25, -0.2) is 14.4 Å². The molecule has 0 saturated carbocycles. The molecular formula is C18H26O8. The first-order valence-electron chi connectivity index (χ1n) is 8.20. The Bertz CT molecular complexity index is 489. The van der Waals surface area contributed by atoms with Gasteiger partial charge in [-0.15, -0.1) is 0 Å². The third-order valence-corrected chi connectivity index (χ3v) is 3.28. The summed E-state index contributed by atoms with van der Waals surface area (Å²) in [4.78, 5) is 34.6. The van der Waals surface area contributed by atoms with Crippen LogP contribution in [0.25, 0.3) is 0 Å². The Kier molecular flexibility index (Phi) is 11.6. The lowest BCUT2D eigenvalue weighted by atomic mass is 10.1. The first-order chi connectivity index (χ1) is 12.3.